The highest BCUT2D eigenvalue weighted by Crippen LogP contribution is 2.34. The molecular weight excluding hydrogens is 294 g/mol. The Labute approximate surface area is 131 Å². The maximum atomic E-state index is 11.0. The third kappa shape index (κ3) is 4.59. The van der Waals surface area contributed by atoms with Crippen molar-refractivity contribution in [1.82, 2.24) is 0 Å². The third-order valence-corrected chi connectivity index (χ3v) is 3.60. The number of benzene rings is 1. The topological polar surface area (TPSA) is 70.8 Å². The summed E-state index contributed by atoms with van der Waals surface area (Å²) in [4.78, 5) is 11.0. The third-order valence-electron chi connectivity index (χ3n) is 3.60. The molecule has 1 aliphatic heterocycles. The van der Waals surface area contributed by atoms with E-state index in [0.29, 0.717) is 17.4 Å². The van der Waals surface area contributed by atoms with E-state index in [2.05, 4.69) is 0 Å². The summed E-state index contributed by atoms with van der Waals surface area (Å²) in [6.07, 6.45) is 1.93. The van der Waals surface area contributed by atoms with Gasteiger partial charge in [-0.25, -0.2) is 0 Å². The van der Waals surface area contributed by atoms with Gasteiger partial charge in [0.1, 0.15) is 0 Å². The van der Waals surface area contributed by atoms with Gasteiger partial charge in [-0.15, -0.1) is 12.4 Å². The molecule has 1 aromatic rings. The second-order valence-corrected chi connectivity index (χ2v) is 4.98. The Kier molecular flexibility index (Phi) is 6.95. The van der Waals surface area contributed by atoms with E-state index >= 15 is 0 Å². The average Bonchev–Trinajstić information content (AvgIpc) is 2.47. The van der Waals surface area contributed by atoms with E-state index in [9.17, 15) is 4.79 Å². The van der Waals surface area contributed by atoms with Crippen LogP contribution in [0.15, 0.2) is 18.2 Å². The van der Waals surface area contributed by atoms with Gasteiger partial charge >= 0.3 is 5.97 Å². The molecule has 0 saturated carbocycles. The second kappa shape index (κ2) is 8.22. The van der Waals surface area contributed by atoms with E-state index < -0.39 is 0 Å². The summed E-state index contributed by atoms with van der Waals surface area (Å²) in [6.45, 7) is 2.89. The Hall–Kier alpha value is -1.30. The zero-order valence-corrected chi connectivity index (χ0v) is 13.2. The van der Waals surface area contributed by atoms with Crippen LogP contribution in [0.1, 0.15) is 31.4 Å². The summed E-state index contributed by atoms with van der Waals surface area (Å²) in [6, 6.07) is 5.41. The maximum Gasteiger partial charge on any atom is 0.308 e. The fraction of sp³-hybridized carbons (Fsp3) is 0.533. The molecule has 2 N–H and O–H groups in total. The van der Waals surface area contributed by atoms with Crippen LogP contribution in [0.2, 0.25) is 0 Å². The summed E-state index contributed by atoms with van der Waals surface area (Å²) in [7, 11) is 1.55. The lowest BCUT2D eigenvalue weighted by atomic mass is 9.88. The zero-order chi connectivity index (χ0) is 14.5. The van der Waals surface area contributed by atoms with Crippen LogP contribution in [0.5, 0.6) is 11.5 Å². The molecule has 1 atom stereocenters. The molecule has 0 radical (unpaired) electrons. The van der Waals surface area contributed by atoms with Crippen LogP contribution in [0.25, 0.3) is 0 Å². The Morgan fingerprint density at radius 3 is 2.57 bits per heavy atom. The van der Waals surface area contributed by atoms with Gasteiger partial charge in [-0.1, -0.05) is 6.07 Å². The van der Waals surface area contributed by atoms with Crippen molar-refractivity contribution in [2.45, 2.75) is 25.8 Å². The van der Waals surface area contributed by atoms with E-state index in [-0.39, 0.29) is 24.4 Å². The molecule has 1 fully saturated rings. The first kappa shape index (κ1) is 17.8. The number of esters is 1. The highest BCUT2D eigenvalue weighted by atomic mass is 35.5. The van der Waals surface area contributed by atoms with E-state index in [4.69, 9.17) is 19.9 Å². The highest BCUT2D eigenvalue weighted by molar-refractivity contribution is 5.85. The number of hydrogen-bond acceptors (Lipinski definition) is 5. The van der Waals surface area contributed by atoms with Crippen LogP contribution in [0.4, 0.5) is 0 Å². The Morgan fingerprint density at radius 1 is 1.33 bits per heavy atom. The Balaban J connectivity index is 0.00000220. The predicted molar refractivity (Wildman–Crippen MR) is 82.0 cm³/mol. The number of ether oxygens (including phenoxy) is 3. The molecule has 0 spiro atoms. The van der Waals surface area contributed by atoms with Gasteiger partial charge in [0.05, 0.1) is 7.11 Å². The van der Waals surface area contributed by atoms with Crippen molar-refractivity contribution in [1.29, 1.82) is 0 Å². The van der Waals surface area contributed by atoms with Gasteiger partial charge in [-0.05, 0) is 36.5 Å². The number of methoxy groups -OCH3 is 1. The summed E-state index contributed by atoms with van der Waals surface area (Å²) in [5, 5.41) is 0. The fourth-order valence-electron chi connectivity index (χ4n) is 2.48. The molecule has 0 unspecified atom stereocenters. The molecule has 0 bridgehead atoms. The Morgan fingerprint density at radius 2 is 2.00 bits per heavy atom. The minimum absolute atomic E-state index is 0. The number of hydrogen-bond donors (Lipinski definition) is 1. The van der Waals surface area contributed by atoms with E-state index in [1.54, 1.807) is 13.2 Å². The van der Waals surface area contributed by atoms with Crippen LogP contribution < -0.4 is 15.2 Å². The largest absolute Gasteiger partial charge is 0.493 e. The van der Waals surface area contributed by atoms with Crippen LogP contribution in [-0.2, 0) is 9.53 Å². The van der Waals surface area contributed by atoms with Gasteiger partial charge in [-0.2, -0.15) is 0 Å². The first-order valence-corrected chi connectivity index (χ1v) is 6.81. The number of carbonyl (C=O) groups excluding carboxylic acids is 1. The lowest BCUT2D eigenvalue weighted by molar-refractivity contribution is -0.132. The van der Waals surface area contributed by atoms with Crippen LogP contribution >= 0.6 is 12.4 Å². The molecule has 5 nitrogen and oxygen atoms in total. The number of carbonyl (C=O) groups is 1. The standard InChI is InChI=1S/C15H21NO4.ClH/c1-10(17)20-13-4-3-12(9-14(13)18-2)15(16)11-5-7-19-8-6-11;/h3-4,9,11,15H,5-8,16H2,1-2H3;1H/t15-;/m0./s1. The van der Waals surface area contributed by atoms with E-state index in [1.165, 1.54) is 6.92 Å². The van der Waals surface area contributed by atoms with E-state index in [0.717, 1.165) is 31.6 Å². The van der Waals surface area contributed by atoms with Crippen molar-refractivity contribution >= 4 is 18.4 Å². The average molecular weight is 316 g/mol. The monoisotopic (exact) mass is 315 g/mol. The van der Waals surface area contributed by atoms with Crippen molar-refractivity contribution < 1.29 is 19.0 Å². The molecule has 21 heavy (non-hydrogen) atoms. The zero-order valence-electron chi connectivity index (χ0n) is 12.3. The van der Waals surface area contributed by atoms with Crippen molar-refractivity contribution in [3.63, 3.8) is 0 Å². The van der Waals surface area contributed by atoms with Crippen molar-refractivity contribution in [3.8, 4) is 11.5 Å². The van der Waals surface area contributed by atoms with Crippen molar-refractivity contribution in [2.75, 3.05) is 20.3 Å². The first-order valence-electron chi connectivity index (χ1n) is 6.81. The van der Waals surface area contributed by atoms with Gasteiger partial charge < -0.3 is 19.9 Å². The molecule has 0 amide bonds. The lowest BCUT2D eigenvalue weighted by Gasteiger charge is -2.28. The molecule has 0 aromatic heterocycles. The molecular formula is C15H22ClNO4. The summed E-state index contributed by atoms with van der Waals surface area (Å²) < 4.78 is 15.7. The van der Waals surface area contributed by atoms with Crippen molar-refractivity contribution in [3.05, 3.63) is 23.8 Å². The Bertz CT molecular complexity index is 475. The molecule has 1 heterocycles. The fourth-order valence-corrected chi connectivity index (χ4v) is 2.48. The molecule has 6 heteroatoms. The van der Waals surface area contributed by atoms with Crippen molar-refractivity contribution in [2.24, 2.45) is 11.7 Å². The molecule has 118 valence electrons. The van der Waals surface area contributed by atoms with Gasteiger partial charge in [-0.3, -0.25) is 4.79 Å². The number of nitrogens with two attached hydrogens (primary N) is 1. The van der Waals surface area contributed by atoms with Gasteiger partial charge in [0.2, 0.25) is 0 Å². The second-order valence-electron chi connectivity index (χ2n) is 4.98. The predicted octanol–water partition coefficient (Wildman–Crippen LogP) is 2.47. The van der Waals surface area contributed by atoms with Crippen LogP contribution in [-0.4, -0.2) is 26.3 Å². The lowest BCUT2D eigenvalue weighted by Crippen LogP contribution is -2.27. The molecule has 1 saturated heterocycles. The van der Waals surface area contributed by atoms with Gasteiger partial charge in [0.15, 0.2) is 11.5 Å². The summed E-state index contributed by atoms with van der Waals surface area (Å²) in [5.74, 6) is 0.987. The van der Waals surface area contributed by atoms with Crippen LogP contribution in [0, 0.1) is 5.92 Å². The summed E-state index contributed by atoms with van der Waals surface area (Å²) in [5.41, 5.74) is 7.32. The first-order chi connectivity index (χ1) is 9.61. The van der Waals surface area contributed by atoms with E-state index in [1.807, 2.05) is 12.1 Å². The molecule has 2 rings (SSSR count). The smallest absolute Gasteiger partial charge is 0.308 e. The SMILES string of the molecule is COc1cc([C@@H](N)C2CCOCC2)ccc1OC(C)=O.Cl. The quantitative estimate of drug-likeness (QED) is 0.682. The minimum atomic E-state index is -0.371. The van der Waals surface area contributed by atoms with Gasteiger partial charge in [0, 0.05) is 26.2 Å². The normalized spacial score (nSPS) is 16.7. The highest BCUT2D eigenvalue weighted by Gasteiger charge is 2.23. The van der Waals surface area contributed by atoms with Crippen LogP contribution in [0.3, 0.4) is 0 Å². The minimum Gasteiger partial charge on any atom is -0.493 e. The molecule has 0 aliphatic carbocycles. The van der Waals surface area contributed by atoms with Gasteiger partial charge in [0.25, 0.3) is 0 Å². The molecule has 1 aliphatic rings. The summed E-state index contributed by atoms with van der Waals surface area (Å²) >= 11 is 0. The number of rotatable bonds is 4. The molecule has 1 aromatic carbocycles. The number of halogens is 1. The maximum absolute atomic E-state index is 11.0.